The first-order valence-electron chi connectivity index (χ1n) is 5.36. The monoisotopic (exact) mass is 245 g/mol. The molecule has 1 amide bonds. The Morgan fingerprint density at radius 3 is 2.72 bits per heavy atom. The van der Waals surface area contributed by atoms with Gasteiger partial charge in [-0.15, -0.1) is 0 Å². The molecule has 0 radical (unpaired) electrons. The van der Waals surface area contributed by atoms with Gasteiger partial charge < -0.3 is 11.1 Å². The Morgan fingerprint density at radius 1 is 1.33 bits per heavy atom. The molecule has 2 aromatic rings. The molecule has 0 aliphatic carbocycles. The number of nitrogen functional groups attached to an aromatic ring is 1. The summed E-state index contributed by atoms with van der Waals surface area (Å²) in [7, 11) is 0. The SMILES string of the molecule is Cc1ccnc(N)c1C(=O)Nc1ccccc1F. The second kappa shape index (κ2) is 4.83. The number of benzene rings is 1. The third-order valence-electron chi connectivity index (χ3n) is 2.54. The summed E-state index contributed by atoms with van der Waals surface area (Å²) in [6, 6.07) is 7.61. The first-order valence-corrected chi connectivity index (χ1v) is 5.36. The zero-order valence-electron chi connectivity index (χ0n) is 9.77. The molecule has 0 unspecified atom stereocenters. The topological polar surface area (TPSA) is 68.0 Å². The summed E-state index contributed by atoms with van der Waals surface area (Å²) in [5.41, 5.74) is 6.72. The molecule has 2 rings (SSSR count). The van der Waals surface area contributed by atoms with Crippen LogP contribution in [0.25, 0.3) is 0 Å². The number of nitrogens with one attached hydrogen (secondary N) is 1. The first kappa shape index (κ1) is 12.0. The van der Waals surface area contributed by atoms with Crippen LogP contribution in [0.4, 0.5) is 15.9 Å². The van der Waals surface area contributed by atoms with E-state index < -0.39 is 11.7 Å². The molecule has 5 heteroatoms. The molecule has 18 heavy (non-hydrogen) atoms. The lowest BCUT2D eigenvalue weighted by atomic mass is 10.1. The van der Waals surface area contributed by atoms with E-state index in [2.05, 4.69) is 10.3 Å². The maximum Gasteiger partial charge on any atom is 0.259 e. The van der Waals surface area contributed by atoms with E-state index >= 15 is 0 Å². The van der Waals surface area contributed by atoms with E-state index in [1.807, 2.05) is 0 Å². The molecule has 0 bridgehead atoms. The van der Waals surface area contributed by atoms with Crippen molar-refractivity contribution in [2.75, 3.05) is 11.1 Å². The molecule has 0 spiro atoms. The number of rotatable bonds is 2. The molecular weight excluding hydrogens is 233 g/mol. The summed E-state index contributed by atoms with van der Waals surface area (Å²) in [6.07, 6.45) is 1.52. The molecule has 92 valence electrons. The van der Waals surface area contributed by atoms with Gasteiger partial charge in [0.25, 0.3) is 5.91 Å². The van der Waals surface area contributed by atoms with Gasteiger partial charge in [-0.2, -0.15) is 0 Å². The minimum Gasteiger partial charge on any atom is -0.383 e. The number of anilines is 2. The smallest absolute Gasteiger partial charge is 0.259 e. The van der Waals surface area contributed by atoms with Gasteiger partial charge in [0.05, 0.1) is 11.3 Å². The highest BCUT2D eigenvalue weighted by atomic mass is 19.1. The standard InChI is InChI=1S/C13H12FN3O/c1-8-6-7-16-12(15)11(8)13(18)17-10-5-3-2-4-9(10)14/h2-7H,1H3,(H2,15,16)(H,17,18). The van der Waals surface area contributed by atoms with E-state index in [4.69, 9.17) is 5.73 Å². The summed E-state index contributed by atoms with van der Waals surface area (Å²) >= 11 is 0. The van der Waals surface area contributed by atoms with E-state index in [1.165, 1.54) is 18.3 Å². The Kier molecular flexibility index (Phi) is 3.23. The number of carbonyl (C=O) groups is 1. The van der Waals surface area contributed by atoms with Gasteiger partial charge in [-0.05, 0) is 30.7 Å². The van der Waals surface area contributed by atoms with E-state index in [9.17, 15) is 9.18 Å². The molecule has 0 aliphatic rings. The summed E-state index contributed by atoms with van der Waals surface area (Å²) in [5, 5.41) is 2.47. The van der Waals surface area contributed by atoms with E-state index in [1.54, 1.807) is 25.1 Å². The van der Waals surface area contributed by atoms with Crippen molar-refractivity contribution >= 4 is 17.4 Å². The van der Waals surface area contributed by atoms with Gasteiger partial charge in [0.1, 0.15) is 11.6 Å². The summed E-state index contributed by atoms with van der Waals surface area (Å²) in [4.78, 5) is 15.9. The zero-order valence-corrected chi connectivity index (χ0v) is 9.77. The van der Waals surface area contributed by atoms with Gasteiger partial charge in [-0.1, -0.05) is 12.1 Å². The van der Waals surface area contributed by atoms with Gasteiger partial charge in [-0.3, -0.25) is 4.79 Å². The first-order chi connectivity index (χ1) is 8.59. The molecule has 0 fully saturated rings. The van der Waals surface area contributed by atoms with Crippen LogP contribution in [0.1, 0.15) is 15.9 Å². The van der Waals surface area contributed by atoms with Crippen molar-refractivity contribution in [2.24, 2.45) is 0 Å². The third kappa shape index (κ3) is 2.29. The predicted octanol–water partition coefficient (Wildman–Crippen LogP) is 2.36. The fourth-order valence-electron chi connectivity index (χ4n) is 1.62. The van der Waals surface area contributed by atoms with Gasteiger partial charge >= 0.3 is 0 Å². The minimum atomic E-state index is -0.494. The Labute approximate surface area is 104 Å². The number of pyridine rings is 1. The molecule has 0 atom stereocenters. The molecule has 0 saturated heterocycles. The normalized spacial score (nSPS) is 10.1. The average Bonchev–Trinajstić information content (AvgIpc) is 2.32. The van der Waals surface area contributed by atoms with Crippen LogP contribution >= 0.6 is 0 Å². The number of hydrogen-bond donors (Lipinski definition) is 2. The van der Waals surface area contributed by atoms with Crippen LogP contribution < -0.4 is 11.1 Å². The lowest BCUT2D eigenvalue weighted by molar-refractivity contribution is 0.102. The van der Waals surface area contributed by atoms with E-state index in [0.717, 1.165) is 0 Å². The van der Waals surface area contributed by atoms with Crippen molar-refractivity contribution < 1.29 is 9.18 Å². The number of nitrogens with two attached hydrogens (primary N) is 1. The van der Waals surface area contributed by atoms with Crippen LogP contribution in [0.3, 0.4) is 0 Å². The Hall–Kier alpha value is -2.43. The molecular formula is C13H12FN3O. The zero-order chi connectivity index (χ0) is 13.1. The predicted molar refractivity (Wildman–Crippen MR) is 67.7 cm³/mol. The van der Waals surface area contributed by atoms with Crippen molar-refractivity contribution in [1.82, 2.24) is 4.98 Å². The molecule has 1 aromatic carbocycles. The second-order valence-electron chi connectivity index (χ2n) is 3.82. The maximum absolute atomic E-state index is 13.4. The quantitative estimate of drug-likeness (QED) is 0.853. The molecule has 1 aromatic heterocycles. The lowest BCUT2D eigenvalue weighted by Crippen LogP contribution is -2.17. The number of para-hydroxylation sites is 1. The lowest BCUT2D eigenvalue weighted by Gasteiger charge is -2.09. The summed E-state index contributed by atoms with van der Waals surface area (Å²) < 4.78 is 13.4. The van der Waals surface area contributed by atoms with Crippen LogP contribution in [0.5, 0.6) is 0 Å². The van der Waals surface area contributed by atoms with Crippen molar-refractivity contribution in [2.45, 2.75) is 6.92 Å². The number of halogens is 1. The summed E-state index contributed by atoms with van der Waals surface area (Å²) in [6.45, 7) is 1.74. The van der Waals surface area contributed by atoms with Crippen LogP contribution in [0.2, 0.25) is 0 Å². The van der Waals surface area contributed by atoms with Crippen molar-refractivity contribution in [3.63, 3.8) is 0 Å². The Balaban J connectivity index is 2.31. The number of carbonyl (C=O) groups excluding carboxylic acids is 1. The largest absolute Gasteiger partial charge is 0.383 e. The number of nitrogens with zero attached hydrogens (tertiary/aromatic N) is 1. The van der Waals surface area contributed by atoms with Crippen molar-refractivity contribution in [1.29, 1.82) is 0 Å². The maximum atomic E-state index is 13.4. The Morgan fingerprint density at radius 2 is 2.06 bits per heavy atom. The van der Waals surface area contributed by atoms with Gasteiger partial charge in [0.2, 0.25) is 0 Å². The average molecular weight is 245 g/mol. The number of aromatic nitrogens is 1. The minimum absolute atomic E-state index is 0.116. The van der Waals surface area contributed by atoms with Crippen LogP contribution in [-0.4, -0.2) is 10.9 Å². The molecule has 3 N–H and O–H groups in total. The van der Waals surface area contributed by atoms with Gasteiger partial charge in [0, 0.05) is 6.20 Å². The van der Waals surface area contributed by atoms with Gasteiger partial charge in [0.15, 0.2) is 0 Å². The molecule has 0 aliphatic heterocycles. The summed E-state index contributed by atoms with van der Waals surface area (Å²) in [5.74, 6) is -0.835. The Bertz CT molecular complexity index is 578. The van der Waals surface area contributed by atoms with Crippen molar-refractivity contribution in [3.8, 4) is 0 Å². The molecule has 1 heterocycles. The number of amides is 1. The number of aryl methyl sites for hydroxylation is 1. The molecule has 4 nitrogen and oxygen atoms in total. The van der Waals surface area contributed by atoms with Crippen LogP contribution in [0, 0.1) is 12.7 Å². The number of hydrogen-bond acceptors (Lipinski definition) is 3. The second-order valence-corrected chi connectivity index (χ2v) is 3.82. The van der Waals surface area contributed by atoms with Crippen LogP contribution in [0.15, 0.2) is 36.5 Å². The molecule has 0 saturated carbocycles. The van der Waals surface area contributed by atoms with Crippen molar-refractivity contribution in [3.05, 3.63) is 53.5 Å². The van der Waals surface area contributed by atoms with Crippen LogP contribution in [-0.2, 0) is 0 Å². The third-order valence-corrected chi connectivity index (χ3v) is 2.54. The highest BCUT2D eigenvalue weighted by Gasteiger charge is 2.15. The highest BCUT2D eigenvalue weighted by molar-refractivity contribution is 6.08. The fourth-order valence-corrected chi connectivity index (χ4v) is 1.62. The fraction of sp³-hybridized carbons (Fsp3) is 0.0769. The highest BCUT2D eigenvalue weighted by Crippen LogP contribution is 2.18. The van der Waals surface area contributed by atoms with E-state index in [0.29, 0.717) is 5.56 Å². The van der Waals surface area contributed by atoms with E-state index in [-0.39, 0.29) is 17.1 Å². The van der Waals surface area contributed by atoms with Gasteiger partial charge in [-0.25, -0.2) is 9.37 Å².